The molecule has 4 heteroatoms. The number of piperidine rings is 1. The van der Waals surface area contributed by atoms with Gasteiger partial charge >= 0.3 is 0 Å². The lowest BCUT2D eigenvalue weighted by Gasteiger charge is -2.37. The second-order valence-electron chi connectivity index (χ2n) is 6.83. The van der Waals surface area contributed by atoms with Crippen LogP contribution in [0.1, 0.15) is 46.1 Å². The Morgan fingerprint density at radius 2 is 2.19 bits per heavy atom. The minimum absolute atomic E-state index is 0.555. The maximum atomic E-state index is 6.29. The van der Waals surface area contributed by atoms with Gasteiger partial charge in [0.25, 0.3) is 0 Å². The first-order chi connectivity index (χ1) is 9.97. The number of hydrogen-bond donors (Lipinski definition) is 1. The first kappa shape index (κ1) is 16.6. The highest BCUT2D eigenvalue weighted by Gasteiger charge is 2.24. The summed E-state index contributed by atoms with van der Waals surface area (Å²) >= 11 is 6.29. The van der Waals surface area contributed by atoms with Crippen LogP contribution in [0, 0.1) is 11.8 Å². The quantitative estimate of drug-likeness (QED) is 0.887. The number of pyridine rings is 1. The highest BCUT2D eigenvalue weighted by atomic mass is 35.5. The van der Waals surface area contributed by atoms with Crippen LogP contribution in [-0.4, -0.2) is 24.1 Å². The molecule has 2 heterocycles. The van der Waals surface area contributed by atoms with Crippen LogP contribution >= 0.6 is 11.6 Å². The lowest BCUT2D eigenvalue weighted by atomic mass is 9.93. The van der Waals surface area contributed by atoms with Crippen molar-refractivity contribution in [3.8, 4) is 0 Å². The van der Waals surface area contributed by atoms with Gasteiger partial charge in [0.1, 0.15) is 5.82 Å². The van der Waals surface area contributed by atoms with E-state index in [9.17, 15) is 0 Å². The van der Waals surface area contributed by atoms with Crippen LogP contribution in [0.2, 0.25) is 5.02 Å². The van der Waals surface area contributed by atoms with Crippen LogP contribution in [0.25, 0.3) is 0 Å². The Balaban J connectivity index is 2.07. The molecule has 1 fully saturated rings. The summed E-state index contributed by atoms with van der Waals surface area (Å²) in [6.07, 6.45) is 4.29. The van der Waals surface area contributed by atoms with Gasteiger partial charge in [-0.1, -0.05) is 32.4 Å². The SMILES string of the molecule is CC(C)CNCc1cc(N2CCC(C)CC2C)ncc1Cl. The third-order valence-corrected chi connectivity index (χ3v) is 4.56. The fraction of sp³-hybridized carbons (Fsp3) is 0.706. The highest BCUT2D eigenvalue weighted by molar-refractivity contribution is 6.31. The maximum absolute atomic E-state index is 6.29. The molecule has 2 atom stereocenters. The summed E-state index contributed by atoms with van der Waals surface area (Å²) in [4.78, 5) is 6.97. The number of halogens is 1. The summed E-state index contributed by atoms with van der Waals surface area (Å²) in [5.74, 6) is 2.53. The molecule has 0 saturated carbocycles. The number of nitrogens with zero attached hydrogens (tertiary/aromatic N) is 2. The minimum atomic E-state index is 0.555. The predicted octanol–water partition coefficient (Wildman–Crippen LogP) is 4.11. The van der Waals surface area contributed by atoms with Gasteiger partial charge in [-0.15, -0.1) is 0 Å². The van der Waals surface area contributed by atoms with E-state index in [4.69, 9.17) is 11.6 Å². The van der Waals surface area contributed by atoms with Gasteiger partial charge in [0.15, 0.2) is 0 Å². The molecule has 1 aromatic rings. The third kappa shape index (κ3) is 4.58. The molecule has 0 amide bonds. The van der Waals surface area contributed by atoms with Gasteiger partial charge in [0, 0.05) is 25.3 Å². The zero-order valence-corrected chi connectivity index (χ0v) is 14.5. The van der Waals surface area contributed by atoms with E-state index in [0.717, 1.165) is 42.0 Å². The van der Waals surface area contributed by atoms with E-state index >= 15 is 0 Å². The van der Waals surface area contributed by atoms with Crippen molar-refractivity contribution in [2.24, 2.45) is 11.8 Å². The average Bonchev–Trinajstić information content (AvgIpc) is 2.41. The van der Waals surface area contributed by atoms with Crippen molar-refractivity contribution in [2.75, 3.05) is 18.0 Å². The Morgan fingerprint density at radius 1 is 1.43 bits per heavy atom. The number of nitrogens with one attached hydrogen (secondary N) is 1. The molecule has 0 spiro atoms. The van der Waals surface area contributed by atoms with Gasteiger partial charge < -0.3 is 10.2 Å². The highest BCUT2D eigenvalue weighted by Crippen LogP contribution is 2.28. The van der Waals surface area contributed by atoms with Crippen LogP contribution < -0.4 is 10.2 Å². The summed E-state index contributed by atoms with van der Waals surface area (Å²) in [6.45, 7) is 12.0. The Morgan fingerprint density at radius 3 is 2.86 bits per heavy atom. The van der Waals surface area contributed by atoms with Crippen molar-refractivity contribution in [3.05, 3.63) is 22.8 Å². The molecular formula is C17H28ClN3. The van der Waals surface area contributed by atoms with Crippen LogP contribution in [0.5, 0.6) is 0 Å². The fourth-order valence-corrected chi connectivity index (χ4v) is 3.17. The average molecular weight is 310 g/mol. The molecule has 2 rings (SSSR count). The molecule has 0 radical (unpaired) electrons. The summed E-state index contributed by atoms with van der Waals surface area (Å²) in [6, 6.07) is 2.71. The van der Waals surface area contributed by atoms with Gasteiger partial charge in [-0.05, 0) is 49.8 Å². The molecule has 118 valence electrons. The Bertz CT molecular complexity index is 461. The molecule has 1 aromatic heterocycles. The molecular weight excluding hydrogens is 282 g/mol. The van der Waals surface area contributed by atoms with Crippen molar-refractivity contribution in [1.82, 2.24) is 10.3 Å². The van der Waals surface area contributed by atoms with E-state index in [2.05, 4.69) is 49.0 Å². The van der Waals surface area contributed by atoms with Gasteiger partial charge in [0.2, 0.25) is 0 Å². The van der Waals surface area contributed by atoms with E-state index in [1.54, 1.807) is 6.20 Å². The zero-order valence-electron chi connectivity index (χ0n) is 13.7. The van der Waals surface area contributed by atoms with Crippen LogP contribution in [-0.2, 0) is 6.54 Å². The van der Waals surface area contributed by atoms with Gasteiger partial charge in [-0.2, -0.15) is 0 Å². The van der Waals surface area contributed by atoms with Gasteiger partial charge in [-0.25, -0.2) is 4.98 Å². The van der Waals surface area contributed by atoms with Gasteiger partial charge in [-0.3, -0.25) is 0 Å². The topological polar surface area (TPSA) is 28.2 Å². The zero-order chi connectivity index (χ0) is 15.4. The number of hydrogen-bond acceptors (Lipinski definition) is 3. The molecule has 0 bridgehead atoms. The summed E-state index contributed by atoms with van der Waals surface area (Å²) in [5.41, 5.74) is 1.15. The standard InChI is InChI=1S/C17H28ClN3/c1-12(2)9-19-10-15-8-17(20-11-16(15)18)21-6-5-13(3)7-14(21)4/h8,11-14,19H,5-7,9-10H2,1-4H3. The van der Waals surface area contributed by atoms with Crippen LogP contribution in [0.15, 0.2) is 12.3 Å². The number of aromatic nitrogens is 1. The Labute approximate surface area is 134 Å². The summed E-state index contributed by atoms with van der Waals surface area (Å²) < 4.78 is 0. The van der Waals surface area contributed by atoms with Crippen molar-refractivity contribution in [1.29, 1.82) is 0 Å². The number of anilines is 1. The predicted molar refractivity (Wildman–Crippen MR) is 91.0 cm³/mol. The summed E-state index contributed by atoms with van der Waals surface area (Å²) in [5, 5.41) is 4.22. The molecule has 1 aliphatic rings. The smallest absolute Gasteiger partial charge is 0.129 e. The maximum Gasteiger partial charge on any atom is 0.129 e. The second-order valence-corrected chi connectivity index (χ2v) is 7.24. The lowest BCUT2D eigenvalue weighted by molar-refractivity contribution is 0.376. The van der Waals surface area contributed by atoms with Crippen LogP contribution in [0.4, 0.5) is 5.82 Å². The molecule has 1 N–H and O–H groups in total. The van der Waals surface area contributed by atoms with Crippen molar-refractivity contribution < 1.29 is 0 Å². The van der Waals surface area contributed by atoms with Crippen molar-refractivity contribution in [3.63, 3.8) is 0 Å². The lowest BCUT2D eigenvalue weighted by Crippen LogP contribution is -2.40. The molecule has 1 aliphatic heterocycles. The van der Waals surface area contributed by atoms with Crippen molar-refractivity contribution >= 4 is 17.4 Å². The van der Waals surface area contributed by atoms with E-state index in [1.165, 1.54) is 12.8 Å². The number of rotatable bonds is 5. The van der Waals surface area contributed by atoms with E-state index < -0.39 is 0 Å². The Kier molecular flexibility index (Phi) is 5.88. The molecule has 2 unspecified atom stereocenters. The molecule has 21 heavy (non-hydrogen) atoms. The molecule has 0 aliphatic carbocycles. The van der Waals surface area contributed by atoms with E-state index in [1.807, 2.05) is 0 Å². The van der Waals surface area contributed by atoms with Crippen LogP contribution in [0.3, 0.4) is 0 Å². The van der Waals surface area contributed by atoms with E-state index in [0.29, 0.717) is 12.0 Å². The monoisotopic (exact) mass is 309 g/mol. The van der Waals surface area contributed by atoms with Gasteiger partial charge in [0.05, 0.1) is 5.02 Å². The Hall–Kier alpha value is -0.800. The minimum Gasteiger partial charge on any atom is -0.354 e. The largest absolute Gasteiger partial charge is 0.354 e. The van der Waals surface area contributed by atoms with E-state index in [-0.39, 0.29) is 0 Å². The third-order valence-electron chi connectivity index (χ3n) is 4.22. The summed E-state index contributed by atoms with van der Waals surface area (Å²) in [7, 11) is 0. The molecule has 0 aromatic carbocycles. The van der Waals surface area contributed by atoms with Crippen molar-refractivity contribution in [2.45, 2.75) is 53.1 Å². The molecule has 1 saturated heterocycles. The molecule has 3 nitrogen and oxygen atoms in total. The second kappa shape index (κ2) is 7.46. The first-order valence-corrected chi connectivity index (χ1v) is 8.47. The fourth-order valence-electron chi connectivity index (χ4n) is 3.00. The normalized spacial score (nSPS) is 22.9. The first-order valence-electron chi connectivity index (χ1n) is 8.09.